The summed E-state index contributed by atoms with van der Waals surface area (Å²) in [7, 11) is -2.40. The zero-order valence-electron chi connectivity index (χ0n) is 11.2. The van der Waals surface area contributed by atoms with Crippen molar-refractivity contribution in [2.45, 2.75) is 11.1 Å². The Bertz CT molecular complexity index is 626. The SMILES string of the molecule is CN1CCN(S(=O)(=O)c2cc(Cl)ccc2C(F)(F)F)CC1. The molecule has 0 aliphatic carbocycles. The number of sulfonamides is 1. The molecule has 0 radical (unpaired) electrons. The van der Waals surface area contributed by atoms with E-state index in [2.05, 4.69) is 0 Å². The van der Waals surface area contributed by atoms with Gasteiger partial charge in [-0.2, -0.15) is 17.5 Å². The maximum atomic E-state index is 13.0. The molecular formula is C12H14ClF3N2O2S. The summed E-state index contributed by atoms with van der Waals surface area (Å²) in [6, 6.07) is 2.59. The Labute approximate surface area is 126 Å². The summed E-state index contributed by atoms with van der Waals surface area (Å²) >= 11 is 5.68. The van der Waals surface area contributed by atoms with Crippen LogP contribution in [0.5, 0.6) is 0 Å². The molecule has 9 heteroatoms. The van der Waals surface area contributed by atoms with Gasteiger partial charge < -0.3 is 4.90 Å². The molecule has 1 aliphatic heterocycles. The summed E-state index contributed by atoms with van der Waals surface area (Å²) in [5.74, 6) is 0. The number of nitrogens with zero attached hydrogens (tertiary/aromatic N) is 2. The number of rotatable bonds is 2. The van der Waals surface area contributed by atoms with Crippen molar-refractivity contribution in [2.75, 3.05) is 33.2 Å². The molecule has 1 saturated heterocycles. The van der Waals surface area contributed by atoms with E-state index in [1.54, 1.807) is 0 Å². The van der Waals surface area contributed by atoms with Gasteiger partial charge in [0, 0.05) is 31.2 Å². The highest BCUT2D eigenvalue weighted by Crippen LogP contribution is 2.36. The summed E-state index contributed by atoms with van der Waals surface area (Å²) in [5.41, 5.74) is -1.19. The zero-order chi connectivity index (χ0) is 15.8. The van der Waals surface area contributed by atoms with Crippen LogP contribution in [-0.2, 0) is 16.2 Å². The first kappa shape index (κ1) is 16.5. The summed E-state index contributed by atoms with van der Waals surface area (Å²) in [6.45, 7) is 1.26. The Morgan fingerprint density at radius 2 is 1.71 bits per heavy atom. The molecule has 21 heavy (non-hydrogen) atoms. The zero-order valence-corrected chi connectivity index (χ0v) is 12.8. The van der Waals surface area contributed by atoms with E-state index in [9.17, 15) is 21.6 Å². The molecule has 0 saturated carbocycles. The molecule has 1 aromatic rings. The van der Waals surface area contributed by atoms with Crippen LogP contribution in [-0.4, -0.2) is 50.8 Å². The molecule has 0 bridgehead atoms. The average molecular weight is 343 g/mol. The fourth-order valence-corrected chi connectivity index (χ4v) is 4.01. The Morgan fingerprint density at radius 3 is 2.24 bits per heavy atom. The highest BCUT2D eigenvalue weighted by molar-refractivity contribution is 7.89. The van der Waals surface area contributed by atoms with Crippen LogP contribution in [0.25, 0.3) is 0 Å². The highest BCUT2D eigenvalue weighted by atomic mass is 35.5. The number of alkyl halides is 3. The summed E-state index contributed by atoms with van der Waals surface area (Å²) in [6.07, 6.45) is -4.75. The Kier molecular flexibility index (Phi) is 4.53. The molecule has 4 nitrogen and oxygen atoms in total. The van der Waals surface area contributed by atoms with Gasteiger partial charge in [0.1, 0.15) is 0 Å². The van der Waals surface area contributed by atoms with Gasteiger partial charge in [0.15, 0.2) is 0 Å². The Hall–Kier alpha value is -0.830. The van der Waals surface area contributed by atoms with Gasteiger partial charge in [0.2, 0.25) is 10.0 Å². The molecule has 0 aromatic heterocycles. The van der Waals surface area contributed by atoms with E-state index in [0.717, 1.165) is 16.4 Å². The van der Waals surface area contributed by atoms with Gasteiger partial charge >= 0.3 is 6.18 Å². The molecular weight excluding hydrogens is 329 g/mol. The van der Waals surface area contributed by atoms with Crippen molar-refractivity contribution in [3.8, 4) is 0 Å². The van der Waals surface area contributed by atoms with Crippen LogP contribution in [0.2, 0.25) is 5.02 Å². The van der Waals surface area contributed by atoms with Gasteiger partial charge in [-0.15, -0.1) is 0 Å². The van der Waals surface area contributed by atoms with E-state index in [1.807, 2.05) is 11.9 Å². The van der Waals surface area contributed by atoms with Crippen LogP contribution >= 0.6 is 11.6 Å². The van der Waals surface area contributed by atoms with Gasteiger partial charge in [-0.1, -0.05) is 11.6 Å². The second kappa shape index (κ2) is 5.75. The lowest BCUT2D eigenvalue weighted by Gasteiger charge is -2.32. The number of likely N-dealkylation sites (N-methyl/N-ethyl adjacent to an activating group) is 1. The average Bonchev–Trinajstić information content (AvgIpc) is 2.37. The van der Waals surface area contributed by atoms with Gasteiger partial charge in [0.25, 0.3) is 0 Å². The minimum Gasteiger partial charge on any atom is -0.304 e. The fraction of sp³-hybridized carbons (Fsp3) is 0.500. The molecule has 0 atom stereocenters. The van der Waals surface area contributed by atoms with E-state index >= 15 is 0 Å². The van der Waals surface area contributed by atoms with Crippen LogP contribution < -0.4 is 0 Å². The third kappa shape index (κ3) is 3.50. The lowest BCUT2D eigenvalue weighted by Crippen LogP contribution is -2.47. The first-order valence-electron chi connectivity index (χ1n) is 6.18. The molecule has 118 valence electrons. The predicted octanol–water partition coefficient (Wildman–Crippen LogP) is 2.29. The second-order valence-electron chi connectivity index (χ2n) is 4.85. The van der Waals surface area contributed by atoms with E-state index in [4.69, 9.17) is 11.6 Å². The molecule has 0 amide bonds. The van der Waals surface area contributed by atoms with E-state index in [1.165, 1.54) is 0 Å². The van der Waals surface area contributed by atoms with Crippen molar-refractivity contribution in [1.29, 1.82) is 0 Å². The maximum Gasteiger partial charge on any atom is 0.417 e. The van der Waals surface area contributed by atoms with E-state index < -0.39 is 26.7 Å². The predicted molar refractivity (Wildman–Crippen MR) is 72.7 cm³/mol. The Morgan fingerprint density at radius 1 is 1.14 bits per heavy atom. The molecule has 2 rings (SSSR count). The molecule has 0 N–H and O–H groups in total. The molecule has 1 aromatic carbocycles. The van der Waals surface area contributed by atoms with Crippen molar-refractivity contribution in [3.63, 3.8) is 0 Å². The molecule has 1 aliphatic rings. The van der Waals surface area contributed by atoms with Gasteiger partial charge in [-0.3, -0.25) is 0 Å². The van der Waals surface area contributed by atoms with Gasteiger partial charge in [0.05, 0.1) is 10.5 Å². The van der Waals surface area contributed by atoms with Crippen molar-refractivity contribution >= 4 is 21.6 Å². The smallest absolute Gasteiger partial charge is 0.304 e. The number of hydrogen-bond acceptors (Lipinski definition) is 3. The van der Waals surface area contributed by atoms with Crippen molar-refractivity contribution < 1.29 is 21.6 Å². The first-order valence-corrected chi connectivity index (χ1v) is 7.99. The van der Waals surface area contributed by atoms with Gasteiger partial charge in [-0.25, -0.2) is 8.42 Å². The largest absolute Gasteiger partial charge is 0.417 e. The summed E-state index contributed by atoms with van der Waals surface area (Å²) in [4.78, 5) is 1.13. The minimum atomic E-state index is -4.75. The quantitative estimate of drug-likeness (QED) is 0.828. The van der Waals surface area contributed by atoms with Crippen molar-refractivity contribution in [2.24, 2.45) is 0 Å². The lowest BCUT2D eigenvalue weighted by atomic mass is 10.2. The molecule has 0 spiro atoms. The fourth-order valence-electron chi connectivity index (χ4n) is 2.11. The number of hydrogen-bond donors (Lipinski definition) is 0. The van der Waals surface area contributed by atoms with Crippen molar-refractivity contribution in [1.82, 2.24) is 9.21 Å². The van der Waals surface area contributed by atoms with Crippen LogP contribution in [0.15, 0.2) is 23.1 Å². The van der Waals surface area contributed by atoms with E-state index in [0.29, 0.717) is 19.2 Å². The third-order valence-electron chi connectivity index (χ3n) is 3.33. The second-order valence-corrected chi connectivity index (χ2v) is 7.19. The highest BCUT2D eigenvalue weighted by Gasteiger charge is 2.39. The number of piperazine rings is 1. The van der Waals surface area contributed by atoms with Crippen LogP contribution in [0.1, 0.15) is 5.56 Å². The topological polar surface area (TPSA) is 40.6 Å². The van der Waals surface area contributed by atoms with Crippen LogP contribution in [0.3, 0.4) is 0 Å². The Balaban J connectivity index is 2.47. The minimum absolute atomic E-state index is 0.0456. The lowest BCUT2D eigenvalue weighted by molar-refractivity contribution is -0.139. The van der Waals surface area contributed by atoms with Crippen LogP contribution in [0.4, 0.5) is 13.2 Å². The first-order chi connectivity index (χ1) is 9.62. The summed E-state index contributed by atoms with van der Waals surface area (Å²) < 4.78 is 65.0. The molecule has 1 fully saturated rings. The van der Waals surface area contributed by atoms with E-state index in [-0.39, 0.29) is 18.1 Å². The monoisotopic (exact) mass is 342 g/mol. The van der Waals surface area contributed by atoms with Gasteiger partial charge in [-0.05, 0) is 25.2 Å². The maximum absolute atomic E-state index is 13.0. The summed E-state index contributed by atoms with van der Waals surface area (Å²) in [5, 5.41) is -0.0456. The third-order valence-corrected chi connectivity index (χ3v) is 5.50. The van der Waals surface area contributed by atoms with Crippen LogP contribution in [0, 0.1) is 0 Å². The molecule has 0 unspecified atom stereocenters. The number of benzene rings is 1. The molecule has 1 heterocycles. The standard InChI is InChI=1S/C12H14ClF3N2O2S/c1-17-4-6-18(7-5-17)21(19,20)11-8-9(13)2-3-10(11)12(14,15)16/h2-3,8H,4-7H2,1H3. The normalized spacial score (nSPS) is 18.9. The number of halogens is 4. The van der Waals surface area contributed by atoms with Crippen molar-refractivity contribution in [3.05, 3.63) is 28.8 Å².